The Hall–Kier alpha value is -4.31. The van der Waals surface area contributed by atoms with E-state index in [2.05, 4.69) is 11.4 Å². The van der Waals surface area contributed by atoms with E-state index < -0.39 is 12.0 Å². The smallest absolute Gasteiger partial charge is 0.337 e. The predicted molar refractivity (Wildman–Crippen MR) is 129 cm³/mol. The van der Waals surface area contributed by atoms with Crippen LogP contribution in [0.2, 0.25) is 0 Å². The molecule has 0 aliphatic heterocycles. The molecule has 0 atom stereocenters. The third-order valence-corrected chi connectivity index (χ3v) is 5.35. The third-order valence-electron chi connectivity index (χ3n) is 5.35. The minimum atomic E-state index is -1.09. The lowest BCUT2D eigenvalue weighted by molar-refractivity contribution is 0.0698. The molecular weight excluding hydrogens is 416 g/mol. The van der Waals surface area contributed by atoms with Gasteiger partial charge in [0.15, 0.2) is 0 Å². The molecule has 0 aliphatic carbocycles. The van der Waals surface area contributed by atoms with Gasteiger partial charge in [0.1, 0.15) is 0 Å². The number of carboxylic acid groups (broad SMARTS) is 1. The fraction of sp³-hybridized carbons (Fsp3) is 0.192. The average molecular weight is 443 g/mol. The molecule has 4 N–H and O–H groups in total. The van der Waals surface area contributed by atoms with Crippen molar-refractivity contribution in [2.45, 2.75) is 26.3 Å². The van der Waals surface area contributed by atoms with E-state index in [0.29, 0.717) is 30.0 Å². The first-order valence-electron chi connectivity index (χ1n) is 10.7. The third kappa shape index (κ3) is 5.49. The molecule has 3 rings (SSSR count). The van der Waals surface area contributed by atoms with Gasteiger partial charge in [-0.1, -0.05) is 61.9 Å². The molecule has 0 radical (unpaired) electrons. The summed E-state index contributed by atoms with van der Waals surface area (Å²) in [6.07, 6.45) is 1.61. The maximum Gasteiger partial charge on any atom is 0.337 e. The number of hydrogen-bond acceptors (Lipinski definition) is 4. The van der Waals surface area contributed by atoms with Gasteiger partial charge in [0.2, 0.25) is 0 Å². The van der Waals surface area contributed by atoms with Crippen LogP contribution in [0.1, 0.15) is 41.3 Å². The number of hydrogen-bond donors (Lipinski definition) is 3. The number of nitrogens with two attached hydrogens (primary N) is 1. The SMILES string of the molecule is CCCCN(C(N)=O)c1cccc(C(=O)O)c1NCc1ccc(-c2ccccc2C#N)cc1. The van der Waals surface area contributed by atoms with Gasteiger partial charge in [-0.2, -0.15) is 5.26 Å². The van der Waals surface area contributed by atoms with E-state index >= 15 is 0 Å². The highest BCUT2D eigenvalue weighted by atomic mass is 16.4. The van der Waals surface area contributed by atoms with Crippen LogP contribution in [0.4, 0.5) is 16.2 Å². The molecule has 33 heavy (non-hydrogen) atoms. The lowest BCUT2D eigenvalue weighted by atomic mass is 9.99. The molecule has 7 heteroatoms. The van der Waals surface area contributed by atoms with Crippen molar-refractivity contribution >= 4 is 23.4 Å². The highest BCUT2D eigenvalue weighted by molar-refractivity contribution is 6.02. The summed E-state index contributed by atoms with van der Waals surface area (Å²) in [5.41, 5.74) is 9.73. The summed E-state index contributed by atoms with van der Waals surface area (Å²) in [5, 5.41) is 22.2. The number of nitrogens with one attached hydrogen (secondary N) is 1. The highest BCUT2D eigenvalue weighted by Crippen LogP contribution is 2.31. The lowest BCUT2D eigenvalue weighted by Crippen LogP contribution is -2.37. The molecule has 0 saturated carbocycles. The van der Waals surface area contributed by atoms with Crippen molar-refractivity contribution in [3.8, 4) is 17.2 Å². The van der Waals surface area contributed by atoms with Gasteiger partial charge in [0, 0.05) is 13.1 Å². The Balaban J connectivity index is 1.88. The van der Waals surface area contributed by atoms with Gasteiger partial charge in [-0.3, -0.25) is 4.90 Å². The van der Waals surface area contributed by atoms with Crippen LogP contribution in [0, 0.1) is 11.3 Å². The average Bonchev–Trinajstić information content (AvgIpc) is 2.83. The lowest BCUT2D eigenvalue weighted by Gasteiger charge is -2.25. The number of primary amides is 1. The molecule has 7 nitrogen and oxygen atoms in total. The minimum Gasteiger partial charge on any atom is -0.478 e. The largest absolute Gasteiger partial charge is 0.478 e. The summed E-state index contributed by atoms with van der Waals surface area (Å²) in [6.45, 7) is 2.75. The van der Waals surface area contributed by atoms with Crippen molar-refractivity contribution in [2.75, 3.05) is 16.8 Å². The van der Waals surface area contributed by atoms with Crippen LogP contribution in [0.25, 0.3) is 11.1 Å². The number of nitrogens with zero attached hydrogens (tertiary/aromatic N) is 2. The van der Waals surface area contributed by atoms with E-state index in [1.165, 1.54) is 11.0 Å². The Morgan fingerprint density at radius 1 is 1.06 bits per heavy atom. The molecule has 3 aromatic carbocycles. The predicted octanol–water partition coefficient (Wildman–Crippen LogP) is 5.22. The number of nitriles is 1. The van der Waals surface area contributed by atoms with Gasteiger partial charge in [-0.15, -0.1) is 0 Å². The molecule has 2 amide bonds. The molecule has 0 spiro atoms. The Kier molecular flexibility index (Phi) is 7.66. The molecule has 0 aliphatic rings. The van der Waals surface area contributed by atoms with Crippen molar-refractivity contribution < 1.29 is 14.7 Å². The molecular formula is C26H26N4O3. The molecule has 0 bridgehead atoms. The Labute approximate surface area is 193 Å². The maximum absolute atomic E-state index is 12.1. The first-order valence-corrected chi connectivity index (χ1v) is 10.7. The van der Waals surface area contributed by atoms with Crippen molar-refractivity contribution in [3.05, 3.63) is 83.4 Å². The van der Waals surface area contributed by atoms with Gasteiger partial charge in [0.05, 0.1) is 28.6 Å². The van der Waals surface area contributed by atoms with E-state index in [1.54, 1.807) is 18.2 Å². The van der Waals surface area contributed by atoms with E-state index in [1.807, 2.05) is 49.4 Å². The Bertz CT molecular complexity index is 1180. The van der Waals surface area contributed by atoms with E-state index in [9.17, 15) is 20.0 Å². The van der Waals surface area contributed by atoms with Crippen molar-refractivity contribution in [1.29, 1.82) is 5.26 Å². The number of amides is 2. The number of unbranched alkanes of at least 4 members (excludes halogenated alkanes) is 1. The normalized spacial score (nSPS) is 10.3. The zero-order valence-corrected chi connectivity index (χ0v) is 18.4. The van der Waals surface area contributed by atoms with E-state index in [-0.39, 0.29) is 5.56 Å². The summed E-state index contributed by atoms with van der Waals surface area (Å²) >= 11 is 0. The molecule has 0 saturated heterocycles. The Morgan fingerprint density at radius 2 is 1.79 bits per heavy atom. The highest BCUT2D eigenvalue weighted by Gasteiger charge is 2.21. The molecule has 3 aromatic rings. The first kappa shape index (κ1) is 23.4. The minimum absolute atomic E-state index is 0.0646. The van der Waals surface area contributed by atoms with Crippen LogP contribution in [0.15, 0.2) is 66.7 Å². The van der Waals surface area contributed by atoms with Crippen molar-refractivity contribution in [3.63, 3.8) is 0 Å². The van der Waals surface area contributed by atoms with Crippen LogP contribution >= 0.6 is 0 Å². The molecule has 0 unspecified atom stereocenters. The van der Waals surface area contributed by atoms with Crippen LogP contribution in [0.3, 0.4) is 0 Å². The zero-order valence-electron chi connectivity index (χ0n) is 18.4. The number of rotatable bonds is 9. The number of carbonyl (C=O) groups is 2. The summed E-state index contributed by atoms with van der Waals surface area (Å²) in [6, 6.07) is 21.4. The fourth-order valence-electron chi connectivity index (χ4n) is 3.62. The van der Waals surface area contributed by atoms with E-state index in [0.717, 1.165) is 29.5 Å². The van der Waals surface area contributed by atoms with Gasteiger partial charge in [0.25, 0.3) is 0 Å². The van der Waals surface area contributed by atoms with E-state index in [4.69, 9.17) is 5.73 Å². The number of anilines is 2. The summed E-state index contributed by atoms with van der Waals surface area (Å²) < 4.78 is 0. The number of carbonyl (C=O) groups excluding carboxylic acids is 1. The molecule has 168 valence electrons. The van der Waals surface area contributed by atoms with Crippen LogP contribution in [0.5, 0.6) is 0 Å². The fourth-order valence-corrected chi connectivity index (χ4v) is 3.62. The van der Waals surface area contributed by atoms with Gasteiger partial charge < -0.3 is 16.2 Å². The van der Waals surface area contributed by atoms with Crippen molar-refractivity contribution in [2.24, 2.45) is 5.73 Å². The molecule has 0 heterocycles. The quantitative estimate of drug-likeness (QED) is 0.420. The Morgan fingerprint density at radius 3 is 2.42 bits per heavy atom. The van der Waals surface area contributed by atoms with Crippen molar-refractivity contribution in [1.82, 2.24) is 0 Å². The number of carboxylic acids is 1. The topological polar surface area (TPSA) is 119 Å². The number of para-hydroxylation sites is 1. The molecule has 0 aromatic heterocycles. The van der Waals surface area contributed by atoms with Gasteiger partial charge in [-0.05, 0) is 41.3 Å². The second-order valence-corrected chi connectivity index (χ2v) is 7.56. The molecule has 0 fully saturated rings. The first-order chi connectivity index (χ1) is 16.0. The zero-order chi connectivity index (χ0) is 23.8. The van der Waals surface area contributed by atoms with Crippen LogP contribution in [-0.2, 0) is 6.54 Å². The van der Waals surface area contributed by atoms with Crippen LogP contribution < -0.4 is 16.0 Å². The number of benzene rings is 3. The van der Waals surface area contributed by atoms with Crippen LogP contribution in [-0.4, -0.2) is 23.7 Å². The summed E-state index contributed by atoms with van der Waals surface area (Å²) in [7, 11) is 0. The summed E-state index contributed by atoms with van der Waals surface area (Å²) in [5.74, 6) is -1.09. The second kappa shape index (κ2) is 10.8. The number of urea groups is 1. The number of aromatic carboxylic acids is 1. The summed E-state index contributed by atoms with van der Waals surface area (Å²) in [4.78, 5) is 25.3. The second-order valence-electron chi connectivity index (χ2n) is 7.56. The maximum atomic E-state index is 12.1. The van der Waals surface area contributed by atoms with Gasteiger partial charge >= 0.3 is 12.0 Å². The monoisotopic (exact) mass is 442 g/mol. The van der Waals surface area contributed by atoms with Gasteiger partial charge in [-0.25, -0.2) is 9.59 Å². The standard InChI is InChI=1S/C26H26N4O3/c1-2-3-15-30(26(28)33)23-10-6-9-22(25(31)32)24(23)29-17-18-11-13-19(14-12-18)21-8-5-4-7-20(21)16-27/h4-14,29H,2-3,15,17H2,1H3,(H2,28,33)(H,31,32).